The van der Waals surface area contributed by atoms with Crippen LogP contribution in [0.3, 0.4) is 0 Å². The fraction of sp³-hybridized carbons (Fsp3) is 0.357. The quantitative estimate of drug-likeness (QED) is 0.287. The van der Waals surface area contributed by atoms with Gasteiger partial charge >= 0.3 is 0 Å². The fourth-order valence-electron chi connectivity index (χ4n) is 3.48. The lowest BCUT2D eigenvalue weighted by Crippen LogP contribution is -2.02. The van der Waals surface area contributed by atoms with Gasteiger partial charge in [0.05, 0.1) is 13.7 Å². The third-order valence-electron chi connectivity index (χ3n) is 5.71. The molecule has 0 heterocycles. The van der Waals surface area contributed by atoms with Crippen molar-refractivity contribution in [1.82, 2.24) is 0 Å². The van der Waals surface area contributed by atoms with Crippen LogP contribution in [0, 0.1) is 5.82 Å². The molecule has 3 aromatic carbocycles. The summed E-state index contributed by atoms with van der Waals surface area (Å²) >= 11 is 0. The Balaban J connectivity index is 1.85. The van der Waals surface area contributed by atoms with E-state index in [0.717, 1.165) is 30.6 Å². The van der Waals surface area contributed by atoms with Gasteiger partial charge in [-0.1, -0.05) is 51.5 Å². The monoisotopic (exact) mass is 436 g/mol. The molecule has 0 aliphatic heterocycles. The van der Waals surface area contributed by atoms with E-state index in [-0.39, 0.29) is 5.82 Å². The van der Waals surface area contributed by atoms with Crippen LogP contribution in [0.1, 0.15) is 57.1 Å². The Labute approximate surface area is 191 Å². The lowest BCUT2D eigenvalue weighted by atomic mass is 9.99. The molecule has 3 aromatic rings. The second-order valence-electron chi connectivity index (χ2n) is 8.05. The minimum Gasteiger partial charge on any atom is -0.497 e. The summed E-state index contributed by atoms with van der Waals surface area (Å²) in [5.41, 5.74) is 3.42. The molecule has 0 radical (unpaired) electrons. The molecular weight excluding hydrogens is 403 g/mol. The van der Waals surface area contributed by atoms with E-state index in [4.69, 9.17) is 14.2 Å². The van der Waals surface area contributed by atoms with Gasteiger partial charge < -0.3 is 14.2 Å². The molecule has 0 fully saturated rings. The first-order valence-corrected chi connectivity index (χ1v) is 11.4. The van der Waals surface area contributed by atoms with Crippen molar-refractivity contribution in [2.75, 3.05) is 13.7 Å². The zero-order chi connectivity index (χ0) is 22.9. The zero-order valence-corrected chi connectivity index (χ0v) is 19.5. The van der Waals surface area contributed by atoms with E-state index in [1.54, 1.807) is 19.2 Å². The molecule has 0 aromatic heterocycles. The highest BCUT2D eigenvalue weighted by Gasteiger charge is 2.14. The molecule has 0 aliphatic carbocycles. The molecule has 170 valence electrons. The molecule has 0 aliphatic rings. The first kappa shape index (κ1) is 23.6. The van der Waals surface area contributed by atoms with Gasteiger partial charge in [0.1, 0.15) is 29.7 Å². The van der Waals surface area contributed by atoms with Crippen molar-refractivity contribution in [3.8, 4) is 28.4 Å². The molecule has 0 spiro atoms. The van der Waals surface area contributed by atoms with Crippen LogP contribution < -0.4 is 14.2 Å². The molecule has 3 nitrogen and oxygen atoms in total. The van der Waals surface area contributed by atoms with Gasteiger partial charge in [-0.05, 0) is 66.3 Å². The van der Waals surface area contributed by atoms with Crippen molar-refractivity contribution in [1.29, 1.82) is 0 Å². The number of hydrogen-bond donors (Lipinski definition) is 0. The maximum absolute atomic E-state index is 14.6. The fourth-order valence-corrected chi connectivity index (χ4v) is 3.48. The highest BCUT2D eigenvalue weighted by molar-refractivity contribution is 5.72. The van der Waals surface area contributed by atoms with E-state index in [1.165, 1.54) is 11.6 Å². The van der Waals surface area contributed by atoms with E-state index in [9.17, 15) is 4.39 Å². The molecule has 32 heavy (non-hydrogen) atoms. The topological polar surface area (TPSA) is 27.7 Å². The SMILES string of the molecule is CCCCOc1cc(COc2cccc([C@@H](C)CC)c2)ccc1-c1cc(OC)ccc1F. The van der Waals surface area contributed by atoms with Crippen LogP contribution in [0.2, 0.25) is 0 Å². The smallest absolute Gasteiger partial charge is 0.131 e. The maximum Gasteiger partial charge on any atom is 0.131 e. The lowest BCUT2D eigenvalue weighted by molar-refractivity contribution is 0.298. The van der Waals surface area contributed by atoms with Gasteiger partial charge in [0, 0.05) is 11.1 Å². The number of hydrogen-bond acceptors (Lipinski definition) is 3. The average Bonchev–Trinajstić information content (AvgIpc) is 2.83. The molecule has 4 heteroatoms. The molecule has 0 saturated carbocycles. The van der Waals surface area contributed by atoms with Crippen molar-refractivity contribution in [2.24, 2.45) is 0 Å². The molecular formula is C28H33FO3. The number of unbranched alkanes of at least 4 members (excludes halogenated alkanes) is 1. The van der Waals surface area contributed by atoms with E-state index in [2.05, 4.69) is 32.9 Å². The standard InChI is InChI=1S/C28H33FO3/c1-5-7-15-31-28-16-21(19-32-24-10-8-9-22(17-24)20(3)6-2)11-13-25(28)26-18-23(30-4)12-14-27(26)29/h8-14,16-18,20H,5-7,15,19H2,1-4H3/t20-/m0/s1. The summed E-state index contributed by atoms with van der Waals surface area (Å²) in [6, 6.07) is 18.8. The summed E-state index contributed by atoms with van der Waals surface area (Å²) in [6.45, 7) is 7.51. The van der Waals surface area contributed by atoms with Gasteiger partial charge in [0.2, 0.25) is 0 Å². The predicted molar refractivity (Wildman–Crippen MR) is 128 cm³/mol. The van der Waals surface area contributed by atoms with E-state index in [1.807, 2.05) is 30.3 Å². The Morgan fingerprint density at radius 1 is 0.875 bits per heavy atom. The number of ether oxygens (including phenoxy) is 3. The van der Waals surface area contributed by atoms with Crippen LogP contribution in [-0.4, -0.2) is 13.7 Å². The van der Waals surface area contributed by atoms with Crippen molar-refractivity contribution in [3.63, 3.8) is 0 Å². The normalized spacial score (nSPS) is 11.8. The molecule has 1 atom stereocenters. The zero-order valence-electron chi connectivity index (χ0n) is 19.5. The third kappa shape index (κ3) is 6.03. The second kappa shape index (κ2) is 11.6. The molecule has 0 unspecified atom stereocenters. The second-order valence-corrected chi connectivity index (χ2v) is 8.05. The van der Waals surface area contributed by atoms with Crippen molar-refractivity contribution < 1.29 is 18.6 Å². The first-order valence-electron chi connectivity index (χ1n) is 11.4. The summed E-state index contributed by atoms with van der Waals surface area (Å²) in [6.07, 6.45) is 3.05. The van der Waals surface area contributed by atoms with E-state index < -0.39 is 0 Å². The Hall–Kier alpha value is -3.01. The molecule has 0 amide bonds. The summed E-state index contributed by atoms with van der Waals surface area (Å²) in [5.74, 6) is 2.29. The Morgan fingerprint density at radius 2 is 1.72 bits per heavy atom. The number of rotatable bonds is 11. The summed E-state index contributed by atoms with van der Waals surface area (Å²) in [5, 5.41) is 0. The highest BCUT2D eigenvalue weighted by Crippen LogP contribution is 2.35. The Bertz CT molecular complexity index is 1020. The van der Waals surface area contributed by atoms with Crippen LogP contribution >= 0.6 is 0 Å². The number of halogens is 1. The highest BCUT2D eigenvalue weighted by atomic mass is 19.1. The minimum absolute atomic E-state index is 0.308. The summed E-state index contributed by atoms with van der Waals surface area (Å²) < 4.78 is 32.0. The molecule has 0 saturated heterocycles. The van der Waals surface area contributed by atoms with Crippen molar-refractivity contribution in [3.05, 3.63) is 77.6 Å². The van der Waals surface area contributed by atoms with Crippen LogP contribution in [-0.2, 0) is 6.61 Å². The van der Waals surface area contributed by atoms with Gasteiger partial charge in [0.15, 0.2) is 0 Å². The van der Waals surface area contributed by atoms with Crippen molar-refractivity contribution >= 4 is 0 Å². The minimum atomic E-state index is -0.308. The van der Waals surface area contributed by atoms with E-state index >= 15 is 0 Å². The van der Waals surface area contributed by atoms with Crippen LogP contribution in [0.25, 0.3) is 11.1 Å². The van der Waals surface area contributed by atoms with Crippen LogP contribution in [0.15, 0.2) is 60.7 Å². The number of benzene rings is 3. The Morgan fingerprint density at radius 3 is 2.47 bits per heavy atom. The maximum atomic E-state index is 14.6. The van der Waals surface area contributed by atoms with Gasteiger partial charge in [-0.2, -0.15) is 0 Å². The third-order valence-corrected chi connectivity index (χ3v) is 5.71. The van der Waals surface area contributed by atoms with Gasteiger partial charge in [-0.25, -0.2) is 4.39 Å². The lowest BCUT2D eigenvalue weighted by Gasteiger charge is -2.16. The van der Waals surface area contributed by atoms with Crippen LogP contribution in [0.4, 0.5) is 4.39 Å². The van der Waals surface area contributed by atoms with Gasteiger partial charge in [-0.15, -0.1) is 0 Å². The molecule has 0 bridgehead atoms. The summed E-state index contributed by atoms with van der Waals surface area (Å²) in [4.78, 5) is 0. The summed E-state index contributed by atoms with van der Waals surface area (Å²) in [7, 11) is 1.58. The predicted octanol–water partition coefficient (Wildman–Crippen LogP) is 7.77. The molecule has 0 N–H and O–H groups in total. The Kier molecular flexibility index (Phi) is 8.55. The molecule has 3 rings (SSSR count). The first-order chi connectivity index (χ1) is 15.5. The van der Waals surface area contributed by atoms with Crippen molar-refractivity contribution in [2.45, 2.75) is 52.6 Å². The largest absolute Gasteiger partial charge is 0.497 e. The van der Waals surface area contributed by atoms with E-state index in [0.29, 0.717) is 41.8 Å². The average molecular weight is 437 g/mol. The number of methoxy groups -OCH3 is 1. The van der Waals surface area contributed by atoms with Gasteiger partial charge in [-0.3, -0.25) is 0 Å². The van der Waals surface area contributed by atoms with Gasteiger partial charge in [0.25, 0.3) is 0 Å². The van der Waals surface area contributed by atoms with Crippen LogP contribution in [0.5, 0.6) is 17.2 Å².